The first-order valence-electron chi connectivity index (χ1n) is 30.5. The standard InChI is InChI=1S/C26H27NO4.C26H27NO3.C23H29NO3/c28-25(19-31-22-15-5-2-6-16-22)27-24-18-10-8-14-21(24)13-4-1-3-11-20-12-7-9-17-23(20)26(29)30;28-25(19-20-11-3-1-4-12-20)27-24-18-10-8-16-22(24)15-6-2-5-13-21-14-7-9-17-23(21)26(29)30;1-17(2)16-22(25)24-21-15-9-7-13-19(21)12-5-3-4-10-18-11-6-8-14-20(18)23(26)27/h2,5-10,12,14-18H,1,3-4,11,13,19H2,(H,27,28)(H,29,30);1,3-4,7-12,14,16-18H,2,5-6,13,15,19H2,(H,27,28)(H,29,30);6-9,11,13-15,17H,3-5,10,12,16H2,1-2H3,(H,24,25)(H,26,27). The van der Waals surface area contributed by atoms with Gasteiger partial charge in [-0.3, -0.25) is 14.4 Å². The summed E-state index contributed by atoms with van der Waals surface area (Å²) in [5.41, 5.74) is 10.8. The number of hydrogen-bond donors (Lipinski definition) is 6. The molecule has 88 heavy (non-hydrogen) atoms. The number of carboxylic acids is 3. The molecule has 0 atom stereocenters. The Morgan fingerprint density at radius 2 is 0.636 bits per heavy atom. The van der Waals surface area contributed by atoms with E-state index in [2.05, 4.69) is 28.1 Å². The highest BCUT2D eigenvalue weighted by Crippen LogP contribution is 2.24. The fourth-order valence-electron chi connectivity index (χ4n) is 10.2. The van der Waals surface area contributed by atoms with Crippen molar-refractivity contribution in [3.05, 3.63) is 262 Å². The van der Waals surface area contributed by atoms with Crippen molar-refractivity contribution in [3.8, 4) is 5.75 Å². The molecule has 0 radical (unpaired) electrons. The highest BCUT2D eigenvalue weighted by atomic mass is 16.5. The Labute approximate surface area is 518 Å². The molecule has 0 aliphatic rings. The number of benzene rings is 8. The Kier molecular flexibility index (Phi) is 28.9. The average molecular weight is 1190 g/mol. The maximum atomic E-state index is 12.4. The number of carbonyl (C=O) groups is 6. The molecule has 8 rings (SSSR count). The normalized spacial score (nSPS) is 10.6. The van der Waals surface area contributed by atoms with Crippen molar-refractivity contribution in [2.24, 2.45) is 5.92 Å². The monoisotopic (exact) mass is 1190 g/mol. The van der Waals surface area contributed by atoms with Crippen molar-refractivity contribution >= 4 is 52.7 Å². The van der Waals surface area contributed by atoms with Crippen LogP contribution < -0.4 is 20.7 Å². The van der Waals surface area contributed by atoms with E-state index in [-0.39, 0.29) is 24.3 Å². The SMILES string of the molecule is CC(C)CC(=O)Nc1ccccc1CCCCCc1ccccc1C(=O)O.O=C(COc1ccccc1)Nc1ccccc1CCCCCc1ccccc1C(=O)O.O=C(Cc1ccccc1)Nc1ccccc1CCCCCc1ccccc1C(=O)O. The number of hydrogen-bond acceptors (Lipinski definition) is 7. The summed E-state index contributed by atoms with van der Waals surface area (Å²) in [5, 5.41) is 36.8. The molecule has 0 spiro atoms. The van der Waals surface area contributed by atoms with Crippen LogP contribution in [0.2, 0.25) is 0 Å². The first-order chi connectivity index (χ1) is 42.7. The lowest BCUT2D eigenvalue weighted by Gasteiger charge is -2.12. The van der Waals surface area contributed by atoms with E-state index in [0.717, 1.165) is 152 Å². The molecule has 0 fully saturated rings. The van der Waals surface area contributed by atoms with Gasteiger partial charge >= 0.3 is 17.9 Å². The average Bonchev–Trinajstić information content (AvgIpc) is 3.71. The van der Waals surface area contributed by atoms with Crippen LogP contribution >= 0.6 is 0 Å². The number of anilines is 3. The Balaban J connectivity index is 0.000000211. The highest BCUT2D eigenvalue weighted by Gasteiger charge is 2.14. The van der Waals surface area contributed by atoms with Crippen molar-refractivity contribution in [1.82, 2.24) is 0 Å². The van der Waals surface area contributed by atoms with Crippen LogP contribution in [0.3, 0.4) is 0 Å². The minimum absolute atomic E-state index is 0.0149. The molecule has 458 valence electrons. The molecule has 8 aromatic rings. The molecule has 8 aromatic carbocycles. The molecule has 0 saturated carbocycles. The number of carbonyl (C=O) groups excluding carboxylic acids is 3. The number of para-hydroxylation sites is 4. The summed E-state index contributed by atoms with van der Waals surface area (Å²) >= 11 is 0. The lowest BCUT2D eigenvalue weighted by atomic mass is 9.99. The largest absolute Gasteiger partial charge is 0.484 e. The number of unbranched alkanes of at least 4 members (excludes halogenated alkanes) is 6. The van der Waals surface area contributed by atoms with E-state index in [1.807, 2.05) is 172 Å². The van der Waals surface area contributed by atoms with E-state index < -0.39 is 17.9 Å². The summed E-state index contributed by atoms with van der Waals surface area (Å²) in [5.74, 6) is -1.76. The number of aryl methyl sites for hydroxylation is 6. The van der Waals surface area contributed by atoms with Crippen molar-refractivity contribution in [2.75, 3.05) is 22.6 Å². The number of aromatic carboxylic acids is 3. The van der Waals surface area contributed by atoms with Gasteiger partial charge in [-0.1, -0.05) is 191 Å². The van der Waals surface area contributed by atoms with Gasteiger partial charge in [-0.05, 0) is 170 Å². The van der Waals surface area contributed by atoms with Gasteiger partial charge in [0.15, 0.2) is 6.61 Å². The first kappa shape index (κ1) is 67.5. The minimum Gasteiger partial charge on any atom is -0.484 e. The lowest BCUT2D eigenvalue weighted by molar-refractivity contribution is -0.118. The highest BCUT2D eigenvalue weighted by molar-refractivity contribution is 5.94. The Morgan fingerprint density at radius 1 is 0.341 bits per heavy atom. The van der Waals surface area contributed by atoms with Crippen LogP contribution in [-0.4, -0.2) is 57.6 Å². The molecule has 0 saturated heterocycles. The van der Waals surface area contributed by atoms with Crippen LogP contribution in [0.15, 0.2) is 206 Å². The quantitative estimate of drug-likeness (QED) is 0.0227. The van der Waals surface area contributed by atoms with E-state index in [9.17, 15) is 44.1 Å². The molecule has 13 nitrogen and oxygen atoms in total. The van der Waals surface area contributed by atoms with Crippen LogP contribution in [-0.2, 0) is 59.3 Å². The van der Waals surface area contributed by atoms with Crippen LogP contribution in [0.4, 0.5) is 17.1 Å². The second kappa shape index (κ2) is 37.7. The summed E-state index contributed by atoms with van der Waals surface area (Å²) in [6.45, 7) is 4.03. The molecular formula is C75H83N3O10. The third kappa shape index (κ3) is 24.4. The van der Waals surface area contributed by atoms with Gasteiger partial charge in [0.05, 0.1) is 23.1 Å². The molecule has 0 bridgehead atoms. The summed E-state index contributed by atoms with van der Waals surface area (Å²) in [7, 11) is 0. The summed E-state index contributed by atoms with van der Waals surface area (Å²) in [6.07, 6.45) is 14.5. The Morgan fingerprint density at radius 3 is 1.00 bits per heavy atom. The van der Waals surface area contributed by atoms with E-state index in [1.54, 1.807) is 36.4 Å². The van der Waals surface area contributed by atoms with Gasteiger partial charge in [0, 0.05) is 23.5 Å². The van der Waals surface area contributed by atoms with E-state index >= 15 is 0 Å². The molecule has 0 unspecified atom stereocenters. The van der Waals surface area contributed by atoms with Gasteiger partial charge in [0.25, 0.3) is 5.91 Å². The van der Waals surface area contributed by atoms with Crippen molar-refractivity contribution in [1.29, 1.82) is 0 Å². The maximum absolute atomic E-state index is 12.4. The van der Waals surface area contributed by atoms with Gasteiger partial charge in [-0.2, -0.15) is 0 Å². The van der Waals surface area contributed by atoms with E-state index in [1.165, 1.54) is 0 Å². The number of ether oxygens (including phenoxy) is 1. The summed E-state index contributed by atoms with van der Waals surface area (Å²) in [6, 6.07) is 64.2. The van der Waals surface area contributed by atoms with E-state index in [4.69, 9.17) is 4.74 Å². The molecular weight excluding hydrogens is 1100 g/mol. The molecule has 3 amide bonds. The molecule has 6 N–H and O–H groups in total. The predicted octanol–water partition coefficient (Wildman–Crippen LogP) is 16.2. The van der Waals surface area contributed by atoms with Crippen LogP contribution in [0.1, 0.15) is 148 Å². The minimum atomic E-state index is -0.878. The van der Waals surface area contributed by atoms with Crippen LogP contribution in [0.25, 0.3) is 0 Å². The van der Waals surface area contributed by atoms with Crippen molar-refractivity contribution < 1.29 is 48.8 Å². The van der Waals surface area contributed by atoms with Gasteiger partial charge in [0.2, 0.25) is 11.8 Å². The Bertz CT molecular complexity index is 3470. The summed E-state index contributed by atoms with van der Waals surface area (Å²) in [4.78, 5) is 70.6. The number of rotatable bonds is 31. The number of amides is 3. The van der Waals surface area contributed by atoms with Gasteiger partial charge in [-0.15, -0.1) is 0 Å². The molecule has 0 aliphatic heterocycles. The van der Waals surface area contributed by atoms with Gasteiger partial charge in [0.1, 0.15) is 5.75 Å². The Hall–Kier alpha value is -9.62. The van der Waals surface area contributed by atoms with Gasteiger partial charge < -0.3 is 36.0 Å². The topological polar surface area (TPSA) is 208 Å². The second-order valence-electron chi connectivity index (χ2n) is 22.0. The fourth-order valence-corrected chi connectivity index (χ4v) is 10.2. The number of carboxylic acid groups (broad SMARTS) is 3. The van der Waals surface area contributed by atoms with Crippen LogP contribution in [0.5, 0.6) is 5.75 Å². The van der Waals surface area contributed by atoms with Crippen LogP contribution in [0, 0.1) is 5.92 Å². The molecule has 0 aromatic heterocycles. The summed E-state index contributed by atoms with van der Waals surface area (Å²) < 4.78 is 5.51. The zero-order valence-corrected chi connectivity index (χ0v) is 50.6. The zero-order valence-electron chi connectivity index (χ0n) is 50.6. The molecule has 0 heterocycles. The molecule has 0 aliphatic carbocycles. The maximum Gasteiger partial charge on any atom is 0.335 e. The smallest absolute Gasteiger partial charge is 0.335 e. The van der Waals surface area contributed by atoms with Gasteiger partial charge in [-0.25, -0.2) is 14.4 Å². The third-order valence-electron chi connectivity index (χ3n) is 14.7. The molecule has 13 heteroatoms. The lowest BCUT2D eigenvalue weighted by Crippen LogP contribution is -2.20. The fraction of sp³-hybridized carbons (Fsp3) is 0.280. The van der Waals surface area contributed by atoms with Crippen molar-refractivity contribution in [3.63, 3.8) is 0 Å². The van der Waals surface area contributed by atoms with E-state index in [0.29, 0.717) is 41.2 Å². The second-order valence-corrected chi connectivity index (χ2v) is 22.0. The first-order valence-corrected chi connectivity index (χ1v) is 30.5. The zero-order chi connectivity index (χ0) is 62.7. The number of nitrogens with one attached hydrogen (secondary N) is 3. The van der Waals surface area contributed by atoms with Crippen molar-refractivity contribution in [2.45, 2.75) is 123 Å². The predicted molar refractivity (Wildman–Crippen MR) is 351 cm³/mol. The third-order valence-corrected chi connectivity index (χ3v) is 14.7.